The van der Waals surface area contributed by atoms with Gasteiger partial charge in [-0.05, 0) is 67.7 Å². The molecule has 0 bridgehead atoms. The normalized spacial score (nSPS) is 15.0. The van der Waals surface area contributed by atoms with E-state index < -0.39 is 0 Å². The fourth-order valence-corrected chi connectivity index (χ4v) is 5.43. The average molecular weight is 502 g/mol. The Hall–Kier alpha value is -3.28. The van der Waals surface area contributed by atoms with Crippen molar-refractivity contribution in [2.45, 2.75) is 77.7 Å². The van der Waals surface area contributed by atoms with Crippen molar-refractivity contribution in [3.63, 3.8) is 0 Å². The van der Waals surface area contributed by atoms with Crippen molar-refractivity contribution in [2.24, 2.45) is 11.8 Å². The third-order valence-electron chi connectivity index (χ3n) is 7.62. The maximum Gasteiger partial charge on any atom is 0.308 e. The number of carbonyl (C=O) groups is 2. The van der Waals surface area contributed by atoms with Crippen LogP contribution < -0.4 is 5.32 Å². The number of carbonyl (C=O) groups excluding carboxylic acids is 2. The molecule has 0 aliphatic heterocycles. The van der Waals surface area contributed by atoms with Gasteiger partial charge in [-0.25, -0.2) is 9.97 Å². The van der Waals surface area contributed by atoms with Crippen molar-refractivity contribution < 1.29 is 14.3 Å². The van der Waals surface area contributed by atoms with Gasteiger partial charge >= 0.3 is 5.97 Å². The Morgan fingerprint density at radius 3 is 2.43 bits per heavy atom. The van der Waals surface area contributed by atoms with E-state index in [0.29, 0.717) is 17.3 Å². The van der Waals surface area contributed by atoms with E-state index >= 15 is 0 Å². The van der Waals surface area contributed by atoms with Crippen molar-refractivity contribution in [3.8, 4) is 0 Å². The van der Waals surface area contributed by atoms with Crippen molar-refractivity contribution >= 4 is 22.8 Å². The first kappa shape index (κ1) is 26.8. The van der Waals surface area contributed by atoms with Crippen LogP contribution in [-0.4, -0.2) is 29.0 Å². The Bertz CT molecular complexity index is 1200. The Balaban J connectivity index is 1.41. The minimum atomic E-state index is -0.155. The second-order valence-corrected chi connectivity index (χ2v) is 10.5. The molecule has 4 rings (SSSR count). The number of aryl methyl sites for hydroxylation is 1. The molecule has 0 saturated heterocycles. The highest BCUT2D eigenvalue weighted by atomic mass is 16.5. The standard InChI is InChI=1S/C31H39N3O3/c1-21(2)25(31(36)37-3)13-9-15-28-26-12-7-8-14-27(26)33-29(34-28)20-32-30(35)24-18-16-23(17-19-24)22-10-5-4-6-11-22/h7-8,12,14,16-19,21-22,25H,4-6,9-11,13,15,20H2,1-3H3,(H,32,35). The van der Waals surface area contributed by atoms with E-state index in [9.17, 15) is 9.59 Å². The molecule has 1 atom stereocenters. The smallest absolute Gasteiger partial charge is 0.308 e. The van der Waals surface area contributed by atoms with Gasteiger partial charge in [0.1, 0.15) is 5.82 Å². The molecule has 1 aliphatic carbocycles. The quantitative estimate of drug-likeness (QED) is 0.326. The largest absolute Gasteiger partial charge is 0.469 e. The number of rotatable bonds is 10. The summed E-state index contributed by atoms with van der Waals surface area (Å²) in [6.07, 6.45) is 8.70. The number of methoxy groups -OCH3 is 1. The molecule has 2 aromatic carbocycles. The average Bonchev–Trinajstić information content (AvgIpc) is 2.94. The highest BCUT2D eigenvalue weighted by Crippen LogP contribution is 2.32. The maximum atomic E-state index is 12.8. The van der Waals surface area contributed by atoms with Crippen LogP contribution in [0.2, 0.25) is 0 Å². The van der Waals surface area contributed by atoms with E-state index in [1.54, 1.807) is 0 Å². The highest BCUT2D eigenvalue weighted by molar-refractivity contribution is 5.94. The van der Waals surface area contributed by atoms with Gasteiger partial charge in [0, 0.05) is 10.9 Å². The topological polar surface area (TPSA) is 81.2 Å². The Labute approximate surface area is 220 Å². The number of hydrogen-bond donors (Lipinski definition) is 1. The van der Waals surface area contributed by atoms with E-state index in [1.807, 2.05) is 50.2 Å². The molecule has 0 spiro atoms. The molecule has 1 aliphatic rings. The van der Waals surface area contributed by atoms with Gasteiger partial charge in [-0.3, -0.25) is 9.59 Å². The molecule has 1 fully saturated rings. The summed E-state index contributed by atoms with van der Waals surface area (Å²) in [5.41, 5.74) is 3.80. The number of amides is 1. The first-order valence-electron chi connectivity index (χ1n) is 13.7. The lowest BCUT2D eigenvalue weighted by Crippen LogP contribution is -2.24. The number of hydrogen-bond acceptors (Lipinski definition) is 5. The molecular weight excluding hydrogens is 462 g/mol. The number of ether oxygens (including phenoxy) is 1. The molecule has 0 radical (unpaired) electrons. The van der Waals surface area contributed by atoms with Crippen LogP contribution in [0.25, 0.3) is 10.9 Å². The third-order valence-corrected chi connectivity index (χ3v) is 7.62. The van der Waals surface area contributed by atoms with Crippen molar-refractivity contribution in [2.75, 3.05) is 7.11 Å². The number of nitrogens with one attached hydrogen (secondary N) is 1. The lowest BCUT2D eigenvalue weighted by atomic mass is 9.84. The molecule has 1 heterocycles. The van der Waals surface area contributed by atoms with E-state index in [0.717, 1.165) is 35.9 Å². The van der Waals surface area contributed by atoms with Crippen LogP contribution in [0.1, 0.15) is 92.2 Å². The second-order valence-electron chi connectivity index (χ2n) is 10.5. The Morgan fingerprint density at radius 2 is 1.73 bits per heavy atom. The van der Waals surface area contributed by atoms with Crippen LogP contribution in [0.15, 0.2) is 48.5 Å². The van der Waals surface area contributed by atoms with Crippen molar-refractivity contribution in [1.29, 1.82) is 0 Å². The van der Waals surface area contributed by atoms with Crippen LogP contribution >= 0.6 is 0 Å². The van der Waals surface area contributed by atoms with Crippen LogP contribution in [0, 0.1) is 11.8 Å². The molecule has 1 unspecified atom stereocenters. The van der Waals surface area contributed by atoms with Crippen LogP contribution in [0.5, 0.6) is 0 Å². The zero-order valence-electron chi connectivity index (χ0n) is 22.3. The summed E-state index contributed by atoms with van der Waals surface area (Å²) >= 11 is 0. The van der Waals surface area contributed by atoms with E-state index in [4.69, 9.17) is 9.72 Å². The van der Waals surface area contributed by atoms with Gasteiger partial charge in [-0.15, -0.1) is 0 Å². The first-order chi connectivity index (χ1) is 18.0. The number of fused-ring (bicyclic) bond motifs is 1. The Morgan fingerprint density at radius 1 is 1.00 bits per heavy atom. The van der Waals surface area contributed by atoms with Crippen molar-refractivity contribution in [1.82, 2.24) is 15.3 Å². The zero-order valence-corrected chi connectivity index (χ0v) is 22.3. The summed E-state index contributed by atoms with van der Waals surface area (Å²) in [5, 5.41) is 4.00. The lowest BCUT2D eigenvalue weighted by Gasteiger charge is -2.22. The van der Waals surface area contributed by atoms with E-state index in [-0.39, 0.29) is 30.3 Å². The minimum Gasteiger partial charge on any atom is -0.469 e. The number of aromatic nitrogens is 2. The third kappa shape index (κ3) is 6.94. The summed E-state index contributed by atoms with van der Waals surface area (Å²) in [7, 11) is 1.45. The van der Waals surface area contributed by atoms with Gasteiger partial charge < -0.3 is 10.1 Å². The monoisotopic (exact) mass is 501 g/mol. The molecule has 6 nitrogen and oxygen atoms in total. The molecule has 3 aromatic rings. The summed E-state index contributed by atoms with van der Waals surface area (Å²) < 4.78 is 4.99. The van der Waals surface area contributed by atoms with E-state index in [1.165, 1.54) is 44.8 Å². The summed E-state index contributed by atoms with van der Waals surface area (Å²) in [6, 6.07) is 16.0. The number of para-hydroxylation sites is 1. The second kappa shape index (κ2) is 12.8. The van der Waals surface area contributed by atoms with Gasteiger partial charge in [0.25, 0.3) is 5.91 Å². The van der Waals surface area contributed by atoms with E-state index in [2.05, 4.69) is 22.4 Å². The molecule has 1 N–H and O–H groups in total. The zero-order chi connectivity index (χ0) is 26.2. The van der Waals surface area contributed by atoms with Gasteiger partial charge in [0.15, 0.2) is 0 Å². The SMILES string of the molecule is COC(=O)C(CCCc1nc(CNC(=O)c2ccc(C3CCCCC3)cc2)nc2ccccc12)C(C)C. The molecule has 37 heavy (non-hydrogen) atoms. The number of nitrogens with zero attached hydrogens (tertiary/aromatic N) is 2. The minimum absolute atomic E-state index is 0.119. The summed E-state index contributed by atoms with van der Waals surface area (Å²) in [6.45, 7) is 4.36. The van der Waals surface area contributed by atoms with Crippen LogP contribution in [-0.2, 0) is 22.5 Å². The molecule has 1 saturated carbocycles. The maximum absolute atomic E-state index is 12.8. The van der Waals surface area contributed by atoms with Gasteiger partial charge in [0.2, 0.25) is 0 Å². The molecule has 1 amide bonds. The predicted octanol–water partition coefficient (Wildman–Crippen LogP) is 6.38. The Kier molecular flexibility index (Phi) is 9.26. The van der Waals surface area contributed by atoms with Gasteiger partial charge in [0.05, 0.1) is 30.8 Å². The first-order valence-corrected chi connectivity index (χ1v) is 13.7. The summed E-state index contributed by atoms with van der Waals surface area (Å²) in [5.74, 6) is 1.04. The lowest BCUT2D eigenvalue weighted by molar-refractivity contribution is -0.147. The fraction of sp³-hybridized carbons (Fsp3) is 0.484. The molecular formula is C31H39N3O3. The summed E-state index contributed by atoms with van der Waals surface area (Å²) in [4.78, 5) is 34.5. The van der Waals surface area contributed by atoms with Crippen molar-refractivity contribution in [3.05, 3.63) is 71.2 Å². The molecule has 196 valence electrons. The van der Waals surface area contributed by atoms with Crippen LogP contribution in [0.3, 0.4) is 0 Å². The number of benzene rings is 2. The number of esters is 1. The highest BCUT2D eigenvalue weighted by Gasteiger charge is 2.23. The molecule has 6 heteroatoms. The predicted molar refractivity (Wildman–Crippen MR) is 146 cm³/mol. The van der Waals surface area contributed by atoms with Gasteiger partial charge in [-0.2, -0.15) is 0 Å². The fourth-order valence-electron chi connectivity index (χ4n) is 5.43. The molecule has 1 aromatic heterocycles. The van der Waals surface area contributed by atoms with Gasteiger partial charge in [-0.1, -0.05) is 63.4 Å². The van der Waals surface area contributed by atoms with Crippen LogP contribution in [0.4, 0.5) is 0 Å².